The molecule has 0 amide bonds. The highest BCUT2D eigenvalue weighted by Gasteiger charge is 2.09. The predicted molar refractivity (Wildman–Crippen MR) is 158 cm³/mol. The number of hydrogen-bond donors (Lipinski definition) is 4. The highest BCUT2D eigenvalue weighted by Crippen LogP contribution is 2.21. The number of halogens is 2. The molecule has 208 valence electrons. The molecule has 0 atom stereocenters. The van der Waals surface area contributed by atoms with Crippen LogP contribution in [0.1, 0.15) is 16.7 Å². The number of anilines is 4. The highest BCUT2D eigenvalue weighted by molar-refractivity contribution is 7.88. The molecule has 13 heteroatoms. The number of nitrogens with zero attached hydrogens (tertiary/aromatic N) is 4. The van der Waals surface area contributed by atoms with Crippen LogP contribution in [0.2, 0.25) is 0 Å². The van der Waals surface area contributed by atoms with Gasteiger partial charge < -0.3 is 20.5 Å². The van der Waals surface area contributed by atoms with Crippen molar-refractivity contribution in [2.45, 2.75) is 18.8 Å². The van der Waals surface area contributed by atoms with Crippen LogP contribution in [-0.2, 0) is 35.9 Å². The van der Waals surface area contributed by atoms with Crippen LogP contribution in [0.25, 0.3) is 11.0 Å². The normalized spacial score (nSPS) is 11.2. The maximum Gasteiger partial charge on any atom is 0.229 e. The standard InChI is InChI=1S/C27H27FN8O2S.ClH/c1-36-24-11-6-20(14-23(24)34-27(36)32-15-18-2-7-21(28)8-3-18)16-31-25-12-13-30-26(35-25)33-22-9-4-19(5-10-22)17-39(29,37)38;/h2-14H,15-17H2,1H3,(H,32,34)(H2,29,37,38)(H2,30,31,33,35);1H. The molecule has 3 aromatic carbocycles. The number of primary sulfonamides is 1. The van der Waals surface area contributed by atoms with Crippen LogP contribution >= 0.6 is 12.4 Å². The minimum Gasteiger partial charge on any atom is -0.366 e. The molecule has 0 unspecified atom stereocenters. The maximum atomic E-state index is 13.2. The largest absolute Gasteiger partial charge is 0.366 e. The molecule has 0 bridgehead atoms. The van der Waals surface area contributed by atoms with Crippen molar-refractivity contribution in [3.05, 3.63) is 102 Å². The number of fused-ring (bicyclic) bond motifs is 1. The number of aryl methyl sites for hydroxylation is 1. The molecular formula is C27H28ClFN8O2S. The van der Waals surface area contributed by atoms with Crippen molar-refractivity contribution in [1.82, 2.24) is 19.5 Å². The van der Waals surface area contributed by atoms with Gasteiger partial charge in [-0.25, -0.2) is 27.9 Å². The Morgan fingerprint density at radius 2 is 1.55 bits per heavy atom. The lowest BCUT2D eigenvalue weighted by atomic mass is 10.2. The maximum absolute atomic E-state index is 13.2. The van der Waals surface area contributed by atoms with Gasteiger partial charge in [-0.1, -0.05) is 30.3 Å². The summed E-state index contributed by atoms with van der Waals surface area (Å²) in [7, 11) is -1.64. The van der Waals surface area contributed by atoms with Gasteiger partial charge >= 0.3 is 0 Å². The van der Waals surface area contributed by atoms with E-state index in [2.05, 4.69) is 25.9 Å². The van der Waals surface area contributed by atoms with Crippen molar-refractivity contribution >= 4 is 56.9 Å². The second-order valence-electron chi connectivity index (χ2n) is 9.05. The first-order valence-corrected chi connectivity index (χ1v) is 13.8. The van der Waals surface area contributed by atoms with Gasteiger partial charge in [-0.05, 0) is 59.2 Å². The number of benzene rings is 3. The fourth-order valence-electron chi connectivity index (χ4n) is 4.05. The van der Waals surface area contributed by atoms with E-state index in [1.165, 1.54) is 12.1 Å². The molecule has 0 saturated carbocycles. The SMILES string of the molecule is Cl.Cn1c(NCc2ccc(F)cc2)nc2cc(CNc3ccnc(Nc4ccc(CS(N)(=O)=O)cc4)n3)ccc21. The average Bonchev–Trinajstić information content (AvgIpc) is 3.22. The van der Waals surface area contributed by atoms with Gasteiger partial charge in [-0.15, -0.1) is 12.4 Å². The molecule has 2 heterocycles. The minimum absolute atomic E-state index is 0. The van der Waals surface area contributed by atoms with Crippen LogP contribution in [-0.4, -0.2) is 27.9 Å². The van der Waals surface area contributed by atoms with E-state index in [9.17, 15) is 12.8 Å². The number of nitrogens with one attached hydrogen (secondary N) is 3. The Balaban J connectivity index is 0.00000370. The lowest BCUT2D eigenvalue weighted by Crippen LogP contribution is -2.14. The van der Waals surface area contributed by atoms with E-state index in [1.54, 1.807) is 48.7 Å². The number of imidazole rings is 1. The Morgan fingerprint density at radius 1 is 0.875 bits per heavy atom. The van der Waals surface area contributed by atoms with Gasteiger partial charge in [0.1, 0.15) is 11.6 Å². The fourth-order valence-corrected chi connectivity index (χ4v) is 4.71. The van der Waals surface area contributed by atoms with E-state index >= 15 is 0 Å². The second kappa shape index (κ2) is 12.3. The molecule has 2 aromatic heterocycles. The van der Waals surface area contributed by atoms with Crippen LogP contribution in [0.5, 0.6) is 0 Å². The van der Waals surface area contributed by atoms with Crippen molar-refractivity contribution in [3.8, 4) is 0 Å². The lowest BCUT2D eigenvalue weighted by Gasteiger charge is -2.09. The number of nitrogens with two attached hydrogens (primary N) is 1. The summed E-state index contributed by atoms with van der Waals surface area (Å²) in [6.45, 7) is 1.07. The smallest absolute Gasteiger partial charge is 0.229 e. The molecule has 0 fully saturated rings. The van der Waals surface area contributed by atoms with Crippen LogP contribution in [0.3, 0.4) is 0 Å². The molecule has 0 radical (unpaired) electrons. The van der Waals surface area contributed by atoms with Crippen LogP contribution < -0.4 is 21.1 Å². The molecular weight excluding hydrogens is 555 g/mol. The summed E-state index contributed by atoms with van der Waals surface area (Å²) in [6, 6.07) is 21.1. The predicted octanol–water partition coefficient (Wildman–Crippen LogP) is 4.68. The third-order valence-electron chi connectivity index (χ3n) is 6.02. The number of rotatable bonds is 10. The van der Waals surface area contributed by atoms with Gasteiger partial charge in [-0.3, -0.25) is 0 Å². The molecule has 0 saturated heterocycles. The number of sulfonamides is 1. The fraction of sp³-hybridized carbons (Fsp3) is 0.148. The summed E-state index contributed by atoms with van der Waals surface area (Å²) in [4.78, 5) is 13.5. The van der Waals surface area contributed by atoms with Crippen LogP contribution in [0.4, 0.5) is 27.8 Å². The van der Waals surface area contributed by atoms with Crippen molar-refractivity contribution < 1.29 is 12.8 Å². The summed E-state index contributed by atoms with van der Waals surface area (Å²) in [5.41, 5.74) is 5.16. The molecule has 0 aliphatic heterocycles. The van der Waals surface area contributed by atoms with Gasteiger partial charge in [-0.2, -0.15) is 4.98 Å². The Labute approximate surface area is 237 Å². The molecule has 5 N–H and O–H groups in total. The third kappa shape index (κ3) is 7.44. The Morgan fingerprint density at radius 3 is 2.27 bits per heavy atom. The lowest BCUT2D eigenvalue weighted by molar-refractivity contribution is 0.597. The summed E-state index contributed by atoms with van der Waals surface area (Å²) in [6.07, 6.45) is 1.65. The van der Waals surface area contributed by atoms with Crippen molar-refractivity contribution in [3.63, 3.8) is 0 Å². The zero-order valence-electron chi connectivity index (χ0n) is 21.5. The van der Waals surface area contributed by atoms with Gasteiger partial charge in [0.15, 0.2) is 0 Å². The topological polar surface area (TPSA) is 140 Å². The first kappa shape index (κ1) is 28.7. The van der Waals surface area contributed by atoms with E-state index in [4.69, 9.17) is 10.1 Å². The van der Waals surface area contributed by atoms with Crippen LogP contribution in [0.15, 0.2) is 79.0 Å². The summed E-state index contributed by atoms with van der Waals surface area (Å²) in [5, 5.41) is 14.8. The molecule has 0 spiro atoms. The highest BCUT2D eigenvalue weighted by atomic mass is 35.5. The average molecular weight is 583 g/mol. The Hall–Kier alpha value is -4.26. The van der Waals surface area contributed by atoms with E-state index in [0.29, 0.717) is 30.4 Å². The van der Waals surface area contributed by atoms with Gasteiger partial charge in [0.2, 0.25) is 21.9 Å². The first-order valence-electron chi connectivity index (χ1n) is 12.1. The van der Waals surface area contributed by atoms with Crippen molar-refractivity contribution in [2.24, 2.45) is 12.2 Å². The second-order valence-corrected chi connectivity index (χ2v) is 10.7. The molecule has 0 aliphatic rings. The van der Waals surface area contributed by atoms with Gasteiger partial charge in [0, 0.05) is 32.0 Å². The van der Waals surface area contributed by atoms with E-state index in [1.807, 2.05) is 29.8 Å². The van der Waals surface area contributed by atoms with E-state index in [0.717, 1.165) is 33.8 Å². The molecule has 10 nitrogen and oxygen atoms in total. The molecule has 40 heavy (non-hydrogen) atoms. The number of aromatic nitrogens is 4. The van der Waals surface area contributed by atoms with Gasteiger partial charge in [0.25, 0.3) is 0 Å². The quantitative estimate of drug-likeness (QED) is 0.186. The Kier molecular flexibility index (Phi) is 8.83. The summed E-state index contributed by atoms with van der Waals surface area (Å²) >= 11 is 0. The molecule has 0 aliphatic carbocycles. The van der Waals surface area contributed by atoms with Crippen molar-refractivity contribution in [1.29, 1.82) is 0 Å². The van der Waals surface area contributed by atoms with Crippen molar-refractivity contribution in [2.75, 3.05) is 16.0 Å². The zero-order valence-corrected chi connectivity index (χ0v) is 23.1. The zero-order chi connectivity index (χ0) is 27.4. The number of hydrogen-bond acceptors (Lipinski definition) is 8. The Bertz CT molecular complexity index is 1710. The van der Waals surface area contributed by atoms with Gasteiger partial charge in [0.05, 0.1) is 16.8 Å². The first-order chi connectivity index (χ1) is 18.7. The molecule has 5 aromatic rings. The van der Waals surface area contributed by atoms with Crippen LogP contribution in [0, 0.1) is 5.82 Å². The molecule has 5 rings (SSSR count). The summed E-state index contributed by atoms with van der Waals surface area (Å²) in [5.74, 6) is 1.29. The van der Waals surface area contributed by atoms with E-state index in [-0.39, 0.29) is 24.0 Å². The third-order valence-corrected chi connectivity index (χ3v) is 6.75. The van der Waals surface area contributed by atoms with E-state index < -0.39 is 10.0 Å². The minimum atomic E-state index is -3.58. The monoisotopic (exact) mass is 582 g/mol. The summed E-state index contributed by atoms with van der Waals surface area (Å²) < 4.78 is 37.7.